The molecule has 158 valence electrons. The molecule has 0 radical (unpaired) electrons. The van der Waals surface area contributed by atoms with Crippen LogP contribution in [-0.2, 0) is 16.6 Å². The molecule has 1 fully saturated rings. The van der Waals surface area contributed by atoms with E-state index in [-0.39, 0.29) is 17.5 Å². The van der Waals surface area contributed by atoms with E-state index in [4.69, 9.17) is 4.52 Å². The highest BCUT2D eigenvalue weighted by Gasteiger charge is 2.35. The minimum absolute atomic E-state index is 0.0702. The Labute approximate surface area is 175 Å². The molecule has 1 aliphatic rings. The smallest absolute Gasteiger partial charge is 0.245 e. The molecule has 1 aliphatic heterocycles. The molecular formula is C21H23FN4O3S. The first kappa shape index (κ1) is 20.6. The number of hydrogen-bond acceptors (Lipinski definition) is 6. The molecule has 0 N–H and O–H groups in total. The fourth-order valence-electron chi connectivity index (χ4n) is 3.67. The zero-order chi connectivity index (χ0) is 21.1. The summed E-state index contributed by atoms with van der Waals surface area (Å²) in [4.78, 5) is 6.62. The molecule has 0 amide bonds. The van der Waals surface area contributed by atoms with Crippen LogP contribution >= 0.6 is 0 Å². The van der Waals surface area contributed by atoms with Crippen molar-refractivity contribution in [2.45, 2.75) is 30.8 Å². The van der Waals surface area contributed by atoms with E-state index in [1.807, 2.05) is 30.3 Å². The van der Waals surface area contributed by atoms with Crippen molar-refractivity contribution < 1.29 is 17.3 Å². The van der Waals surface area contributed by atoms with Gasteiger partial charge in [0.05, 0.1) is 4.90 Å². The molecule has 4 rings (SSSR count). The molecule has 3 aromatic rings. The monoisotopic (exact) mass is 430 g/mol. The Balaban J connectivity index is 1.65. The van der Waals surface area contributed by atoms with Crippen LogP contribution in [0, 0.1) is 12.7 Å². The van der Waals surface area contributed by atoms with Crippen LogP contribution in [0.1, 0.15) is 29.7 Å². The van der Waals surface area contributed by atoms with Gasteiger partial charge in [0.2, 0.25) is 15.9 Å². The Morgan fingerprint density at radius 1 is 1.10 bits per heavy atom. The van der Waals surface area contributed by atoms with Gasteiger partial charge in [0.15, 0.2) is 5.82 Å². The first-order valence-electron chi connectivity index (χ1n) is 9.77. The first-order chi connectivity index (χ1) is 14.4. The lowest BCUT2D eigenvalue weighted by atomic mass is 10.1. The summed E-state index contributed by atoms with van der Waals surface area (Å²) in [6.07, 6.45) is 0.650. The van der Waals surface area contributed by atoms with Gasteiger partial charge in [-0.3, -0.25) is 4.90 Å². The van der Waals surface area contributed by atoms with Crippen LogP contribution in [0.3, 0.4) is 0 Å². The van der Waals surface area contributed by atoms with Gasteiger partial charge in [-0.2, -0.15) is 9.29 Å². The van der Waals surface area contributed by atoms with Crippen LogP contribution in [0.15, 0.2) is 64.0 Å². The highest BCUT2D eigenvalue weighted by Crippen LogP contribution is 2.29. The van der Waals surface area contributed by atoms with Gasteiger partial charge in [0, 0.05) is 26.2 Å². The summed E-state index contributed by atoms with van der Waals surface area (Å²) < 4.78 is 46.6. The predicted molar refractivity (Wildman–Crippen MR) is 108 cm³/mol. The van der Waals surface area contributed by atoms with Gasteiger partial charge in [0.1, 0.15) is 11.9 Å². The number of halogens is 1. The van der Waals surface area contributed by atoms with Gasteiger partial charge in [-0.15, -0.1) is 0 Å². The molecular weight excluding hydrogens is 407 g/mol. The second kappa shape index (κ2) is 8.63. The van der Waals surface area contributed by atoms with Gasteiger partial charge in [0.25, 0.3) is 0 Å². The first-order valence-corrected chi connectivity index (χ1v) is 11.2. The predicted octanol–water partition coefficient (Wildman–Crippen LogP) is 3.16. The van der Waals surface area contributed by atoms with Crippen molar-refractivity contribution in [2.24, 2.45) is 0 Å². The Hall–Kier alpha value is -2.62. The quantitative estimate of drug-likeness (QED) is 0.619. The van der Waals surface area contributed by atoms with Crippen molar-refractivity contribution in [3.63, 3.8) is 0 Å². The summed E-state index contributed by atoms with van der Waals surface area (Å²) in [5.41, 5.74) is 1.12. The molecule has 1 unspecified atom stereocenters. The minimum Gasteiger partial charge on any atom is -0.338 e. The third-order valence-corrected chi connectivity index (χ3v) is 7.06. The fourth-order valence-corrected chi connectivity index (χ4v) is 5.15. The maximum Gasteiger partial charge on any atom is 0.245 e. The van der Waals surface area contributed by atoms with Gasteiger partial charge < -0.3 is 4.52 Å². The highest BCUT2D eigenvalue weighted by atomic mass is 32.2. The Morgan fingerprint density at radius 3 is 2.50 bits per heavy atom. The van der Waals surface area contributed by atoms with Crippen LogP contribution in [-0.4, -0.2) is 47.4 Å². The summed E-state index contributed by atoms with van der Waals surface area (Å²) in [6.45, 7) is 3.58. The van der Waals surface area contributed by atoms with E-state index in [1.54, 1.807) is 6.92 Å². The molecule has 1 saturated heterocycles. The average Bonchev–Trinajstić information content (AvgIpc) is 3.05. The minimum atomic E-state index is -3.78. The highest BCUT2D eigenvalue weighted by molar-refractivity contribution is 7.89. The lowest BCUT2D eigenvalue weighted by Crippen LogP contribution is -2.37. The van der Waals surface area contributed by atoms with Crippen LogP contribution in [0.5, 0.6) is 0 Å². The molecule has 0 aliphatic carbocycles. The van der Waals surface area contributed by atoms with Gasteiger partial charge >= 0.3 is 0 Å². The number of hydrogen-bond donors (Lipinski definition) is 0. The Morgan fingerprint density at radius 2 is 1.83 bits per heavy atom. The third kappa shape index (κ3) is 4.43. The van der Waals surface area contributed by atoms with Gasteiger partial charge in [-0.25, -0.2) is 12.8 Å². The summed E-state index contributed by atoms with van der Waals surface area (Å²) in [6, 6.07) is 14.5. The van der Waals surface area contributed by atoms with E-state index in [0.717, 1.165) is 17.7 Å². The number of rotatable bonds is 5. The van der Waals surface area contributed by atoms with Gasteiger partial charge in [-0.1, -0.05) is 35.5 Å². The van der Waals surface area contributed by atoms with Crippen molar-refractivity contribution in [1.29, 1.82) is 0 Å². The molecule has 7 nitrogen and oxygen atoms in total. The molecule has 30 heavy (non-hydrogen) atoms. The summed E-state index contributed by atoms with van der Waals surface area (Å²) in [5, 5.41) is 3.90. The molecule has 1 atom stereocenters. The average molecular weight is 431 g/mol. The molecule has 1 aromatic heterocycles. The SMILES string of the molecule is Cc1noc(C2CN(S(=O)(=O)c3ccc(F)cc3)CCCN2Cc2ccccc2)n1. The van der Waals surface area contributed by atoms with Crippen molar-refractivity contribution in [2.75, 3.05) is 19.6 Å². The number of nitrogens with zero attached hydrogens (tertiary/aromatic N) is 4. The maximum absolute atomic E-state index is 13.3. The second-order valence-electron chi connectivity index (χ2n) is 7.32. The Bertz CT molecular complexity index is 1090. The fraction of sp³-hybridized carbons (Fsp3) is 0.333. The van der Waals surface area contributed by atoms with E-state index in [0.29, 0.717) is 37.8 Å². The maximum atomic E-state index is 13.3. The van der Waals surface area contributed by atoms with Crippen molar-refractivity contribution in [1.82, 2.24) is 19.3 Å². The molecule has 0 bridgehead atoms. The largest absolute Gasteiger partial charge is 0.338 e. The van der Waals surface area contributed by atoms with Crippen LogP contribution in [0.4, 0.5) is 4.39 Å². The normalized spacial score (nSPS) is 18.9. The zero-order valence-corrected chi connectivity index (χ0v) is 17.4. The molecule has 2 aromatic carbocycles. The number of aryl methyl sites for hydroxylation is 1. The second-order valence-corrected chi connectivity index (χ2v) is 9.26. The number of sulfonamides is 1. The third-order valence-electron chi connectivity index (χ3n) is 5.18. The summed E-state index contributed by atoms with van der Waals surface area (Å²) >= 11 is 0. The van der Waals surface area contributed by atoms with Crippen LogP contribution < -0.4 is 0 Å². The van der Waals surface area contributed by atoms with E-state index in [1.165, 1.54) is 16.4 Å². The topological polar surface area (TPSA) is 79.5 Å². The van der Waals surface area contributed by atoms with Crippen molar-refractivity contribution in [3.05, 3.63) is 77.7 Å². The molecule has 9 heteroatoms. The standard InChI is InChI=1S/C21H23FN4O3S/c1-16-23-21(29-24-16)20-15-26(30(27,28)19-10-8-18(22)9-11-19)13-5-12-25(20)14-17-6-3-2-4-7-17/h2-4,6-11,20H,5,12-15H2,1H3. The van der Waals surface area contributed by atoms with Crippen LogP contribution in [0.25, 0.3) is 0 Å². The molecule has 2 heterocycles. The summed E-state index contributed by atoms with van der Waals surface area (Å²) in [7, 11) is -3.78. The Kier molecular flexibility index (Phi) is 5.94. The summed E-state index contributed by atoms with van der Waals surface area (Å²) in [5.74, 6) is 0.421. The molecule has 0 saturated carbocycles. The lowest BCUT2D eigenvalue weighted by Gasteiger charge is -2.29. The number of aromatic nitrogens is 2. The van der Waals surface area contributed by atoms with E-state index in [9.17, 15) is 12.8 Å². The zero-order valence-electron chi connectivity index (χ0n) is 16.6. The van der Waals surface area contributed by atoms with Gasteiger partial charge in [-0.05, 0) is 43.2 Å². The van der Waals surface area contributed by atoms with Crippen molar-refractivity contribution >= 4 is 10.0 Å². The van der Waals surface area contributed by atoms with Crippen LogP contribution in [0.2, 0.25) is 0 Å². The lowest BCUT2D eigenvalue weighted by molar-refractivity contribution is 0.155. The molecule has 0 spiro atoms. The van der Waals surface area contributed by atoms with E-state index < -0.39 is 15.8 Å². The van der Waals surface area contributed by atoms with E-state index >= 15 is 0 Å². The number of benzene rings is 2. The van der Waals surface area contributed by atoms with E-state index in [2.05, 4.69) is 15.0 Å². The van der Waals surface area contributed by atoms with Crippen molar-refractivity contribution in [3.8, 4) is 0 Å².